The molecular formula is C18H42N2O11. The summed E-state index contributed by atoms with van der Waals surface area (Å²) in [6.07, 6.45) is 0. The van der Waals surface area contributed by atoms with Crippen LogP contribution in [-0.4, -0.2) is 97.0 Å². The summed E-state index contributed by atoms with van der Waals surface area (Å²) in [4.78, 5) is 36.0. The van der Waals surface area contributed by atoms with E-state index >= 15 is 0 Å². The molecule has 0 spiro atoms. The lowest BCUT2D eigenvalue weighted by Crippen LogP contribution is -2.11. The van der Waals surface area contributed by atoms with Crippen LogP contribution in [0.4, 0.5) is 0 Å². The minimum Gasteiger partial charge on any atom is -0.481 e. The highest BCUT2D eigenvalue weighted by Gasteiger charge is 1.87. The van der Waals surface area contributed by atoms with Gasteiger partial charge < -0.3 is 46.1 Å². The summed E-state index contributed by atoms with van der Waals surface area (Å²) < 4.78 is 15.3. The molecule has 0 aliphatic heterocycles. The predicted molar refractivity (Wildman–Crippen MR) is 115 cm³/mol. The van der Waals surface area contributed by atoms with Crippen LogP contribution in [0.2, 0.25) is 0 Å². The minimum atomic E-state index is -0.833. The van der Waals surface area contributed by atoms with Crippen LogP contribution >= 0.6 is 0 Å². The molecule has 31 heavy (non-hydrogen) atoms. The van der Waals surface area contributed by atoms with Gasteiger partial charge in [0.05, 0.1) is 26.4 Å². The van der Waals surface area contributed by atoms with Crippen molar-refractivity contribution in [3.8, 4) is 0 Å². The minimum absolute atomic E-state index is 0.597. The van der Waals surface area contributed by atoms with Crippen molar-refractivity contribution in [1.29, 1.82) is 0 Å². The molecular weight excluding hydrogens is 420 g/mol. The molecule has 0 unspecified atom stereocenters. The van der Waals surface area contributed by atoms with Gasteiger partial charge in [-0.2, -0.15) is 0 Å². The molecule has 0 aromatic rings. The molecule has 0 saturated heterocycles. The van der Waals surface area contributed by atoms with Crippen LogP contribution in [0.5, 0.6) is 0 Å². The van der Waals surface area contributed by atoms with Gasteiger partial charge in [0.1, 0.15) is 0 Å². The molecule has 0 aliphatic carbocycles. The highest BCUT2D eigenvalue weighted by molar-refractivity contribution is 5.63. The van der Waals surface area contributed by atoms with Gasteiger partial charge in [-0.15, -0.1) is 0 Å². The third-order valence-corrected chi connectivity index (χ3v) is 1.32. The zero-order valence-electron chi connectivity index (χ0n) is 19.5. The van der Waals surface area contributed by atoms with Crippen molar-refractivity contribution in [2.75, 3.05) is 52.7 Å². The Morgan fingerprint density at radius 2 is 0.710 bits per heavy atom. The third-order valence-electron chi connectivity index (χ3n) is 1.32. The predicted octanol–water partition coefficient (Wildman–Crippen LogP) is 0.343. The van der Waals surface area contributed by atoms with Crippen LogP contribution in [-0.2, 0) is 33.4 Å². The molecule has 0 fully saturated rings. The van der Waals surface area contributed by atoms with Gasteiger partial charge in [0.25, 0.3) is 23.9 Å². The second-order valence-electron chi connectivity index (χ2n) is 4.66. The van der Waals surface area contributed by atoms with E-state index in [2.05, 4.69) is 0 Å². The highest BCUT2D eigenvalue weighted by Crippen LogP contribution is 1.79. The van der Waals surface area contributed by atoms with Gasteiger partial charge in [-0.3, -0.25) is 19.2 Å². The Bertz CT molecular complexity index is 308. The average molecular weight is 463 g/mol. The van der Waals surface area contributed by atoms with E-state index in [4.69, 9.17) is 65.3 Å². The van der Waals surface area contributed by atoms with Crippen LogP contribution in [0.15, 0.2) is 0 Å². The fraction of sp³-hybridized carbons (Fsp3) is 0.778. The summed E-state index contributed by atoms with van der Waals surface area (Å²) >= 11 is 0. The van der Waals surface area contributed by atoms with Gasteiger partial charge in [-0.25, -0.2) is 0 Å². The SMILES string of the molecule is CC(=O)O.CC(=O)O.CC(=O)O.CC(=O)O.CCOCCOCCOCC.NCCN. The maximum atomic E-state index is 9.00. The van der Waals surface area contributed by atoms with Crippen molar-refractivity contribution >= 4 is 23.9 Å². The number of aliphatic carboxylic acids is 4. The van der Waals surface area contributed by atoms with Crippen molar-refractivity contribution in [2.24, 2.45) is 11.5 Å². The topological polar surface area (TPSA) is 229 Å². The van der Waals surface area contributed by atoms with Crippen LogP contribution in [0, 0.1) is 0 Å². The monoisotopic (exact) mass is 462 g/mol. The normalized spacial score (nSPS) is 7.87. The van der Waals surface area contributed by atoms with Crippen molar-refractivity contribution in [2.45, 2.75) is 41.5 Å². The Morgan fingerprint density at radius 1 is 0.548 bits per heavy atom. The number of nitrogens with two attached hydrogens (primary N) is 2. The van der Waals surface area contributed by atoms with Crippen molar-refractivity contribution in [3.05, 3.63) is 0 Å². The zero-order valence-corrected chi connectivity index (χ0v) is 19.5. The Hall–Kier alpha value is -2.32. The largest absolute Gasteiger partial charge is 0.481 e. The second kappa shape index (κ2) is 46.1. The fourth-order valence-electron chi connectivity index (χ4n) is 0.626. The molecule has 13 nitrogen and oxygen atoms in total. The van der Waals surface area contributed by atoms with Crippen molar-refractivity contribution in [3.63, 3.8) is 0 Å². The zero-order chi connectivity index (χ0) is 26.1. The standard InChI is InChI=1S/C8H18O3.C2H8N2.4C2H4O2/c1-3-9-5-7-11-8-6-10-4-2;3-1-2-4;4*1-2(3)4/h3-8H2,1-2H3;1-4H2;4*1H3,(H,3,4). The van der Waals surface area contributed by atoms with Crippen LogP contribution in [0.1, 0.15) is 41.5 Å². The lowest BCUT2D eigenvalue weighted by molar-refractivity contribution is -0.135. The lowest BCUT2D eigenvalue weighted by Gasteiger charge is -2.03. The molecule has 190 valence electrons. The fourth-order valence-corrected chi connectivity index (χ4v) is 0.626. The van der Waals surface area contributed by atoms with E-state index in [1.165, 1.54) is 0 Å². The smallest absolute Gasteiger partial charge is 0.300 e. The Labute approximate surface area is 184 Å². The molecule has 0 aromatic heterocycles. The number of hydrogen-bond donors (Lipinski definition) is 6. The Balaban J connectivity index is -0.0000000660. The molecule has 8 N–H and O–H groups in total. The first kappa shape index (κ1) is 42.7. The maximum Gasteiger partial charge on any atom is 0.300 e. The number of hydrogen-bond acceptors (Lipinski definition) is 9. The quantitative estimate of drug-likeness (QED) is 0.254. The van der Waals surface area contributed by atoms with Crippen LogP contribution < -0.4 is 11.5 Å². The van der Waals surface area contributed by atoms with E-state index in [-0.39, 0.29) is 0 Å². The van der Waals surface area contributed by atoms with Gasteiger partial charge in [-0.05, 0) is 13.8 Å². The molecule has 0 aliphatic rings. The van der Waals surface area contributed by atoms with Crippen LogP contribution in [0.25, 0.3) is 0 Å². The van der Waals surface area contributed by atoms with Gasteiger partial charge in [0.2, 0.25) is 0 Å². The average Bonchev–Trinajstić information content (AvgIpc) is 2.59. The molecule has 0 heterocycles. The number of carboxylic acid groups (broad SMARTS) is 4. The number of carbonyl (C=O) groups is 4. The molecule has 0 aromatic carbocycles. The van der Waals surface area contributed by atoms with Crippen LogP contribution in [0.3, 0.4) is 0 Å². The van der Waals surface area contributed by atoms with Gasteiger partial charge in [-0.1, -0.05) is 0 Å². The summed E-state index contributed by atoms with van der Waals surface area (Å²) in [5.74, 6) is -3.33. The lowest BCUT2D eigenvalue weighted by atomic mass is 10.7. The highest BCUT2D eigenvalue weighted by atomic mass is 16.5. The number of rotatable bonds is 9. The molecule has 0 bridgehead atoms. The molecule has 13 heteroatoms. The molecule has 0 atom stereocenters. The molecule has 0 saturated carbocycles. The van der Waals surface area contributed by atoms with Gasteiger partial charge >= 0.3 is 0 Å². The van der Waals surface area contributed by atoms with E-state index in [0.717, 1.165) is 40.9 Å². The molecule has 0 radical (unpaired) electrons. The summed E-state index contributed by atoms with van der Waals surface area (Å²) in [5, 5.41) is 29.7. The number of ether oxygens (including phenoxy) is 3. The first-order chi connectivity index (χ1) is 14.3. The first-order valence-electron chi connectivity index (χ1n) is 9.17. The maximum absolute atomic E-state index is 9.00. The summed E-state index contributed by atoms with van der Waals surface area (Å²) in [6.45, 7) is 13.7. The Morgan fingerprint density at radius 3 is 0.839 bits per heavy atom. The number of carboxylic acids is 4. The van der Waals surface area contributed by atoms with E-state index in [1.807, 2.05) is 13.8 Å². The second-order valence-corrected chi connectivity index (χ2v) is 4.66. The summed E-state index contributed by atoms with van der Waals surface area (Å²) in [7, 11) is 0. The van der Waals surface area contributed by atoms with Crippen molar-refractivity contribution < 1.29 is 53.8 Å². The van der Waals surface area contributed by atoms with E-state index in [0.29, 0.717) is 39.5 Å². The van der Waals surface area contributed by atoms with Crippen molar-refractivity contribution in [1.82, 2.24) is 0 Å². The van der Waals surface area contributed by atoms with Gasteiger partial charge in [0, 0.05) is 54.0 Å². The van der Waals surface area contributed by atoms with Gasteiger partial charge in [0.15, 0.2) is 0 Å². The first-order valence-corrected chi connectivity index (χ1v) is 9.17. The summed E-state index contributed by atoms with van der Waals surface area (Å²) in [6, 6.07) is 0. The molecule has 0 amide bonds. The van der Waals surface area contributed by atoms with E-state index in [1.54, 1.807) is 0 Å². The Kier molecular flexibility index (Phi) is 63.5. The molecule has 0 rings (SSSR count). The van der Waals surface area contributed by atoms with E-state index in [9.17, 15) is 0 Å². The van der Waals surface area contributed by atoms with E-state index < -0.39 is 23.9 Å². The third kappa shape index (κ3) is 409. The summed E-state index contributed by atoms with van der Waals surface area (Å²) in [5.41, 5.74) is 9.81.